The molecule has 2 atom stereocenters. The van der Waals surface area contributed by atoms with E-state index in [2.05, 4.69) is 32.8 Å². The van der Waals surface area contributed by atoms with Gasteiger partial charge >= 0.3 is 0 Å². The molecule has 5 nitrogen and oxygen atoms in total. The molecule has 6 heteroatoms. The maximum absolute atomic E-state index is 10.9. The molecule has 2 heterocycles. The highest BCUT2D eigenvalue weighted by Gasteiger charge is 2.29. The Bertz CT molecular complexity index is 532. The minimum atomic E-state index is -0.312. The Morgan fingerprint density at radius 1 is 1.33 bits per heavy atom. The minimum absolute atomic E-state index is 0.199. The first kappa shape index (κ1) is 15.0. The van der Waals surface area contributed by atoms with E-state index >= 15 is 0 Å². The third kappa shape index (κ3) is 3.31. The number of halogens is 1. The number of rotatable bonds is 3. The molecule has 0 amide bonds. The topological polar surface area (TPSA) is 58.4 Å². The lowest BCUT2D eigenvalue weighted by Gasteiger charge is -2.37. The quantitative estimate of drug-likeness (QED) is 0.480. The summed E-state index contributed by atoms with van der Waals surface area (Å²) in [6.45, 7) is 3.26. The van der Waals surface area contributed by atoms with E-state index in [1.54, 1.807) is 6.07 Å². The van der Waals surface area contributed by atoms with Gasteiger partial charge in [-0.15, -0.1) is 0 Å². The van der Waals surface area contributed by atoms with Crippen LogP contribution in [0.5, 0.6) is 0 Å². The molecule has 2 fully saturated rings. The summed E-state index contributed by atoms with van der Waals surface area (Å²) in [5, 5.41) is 14.5. The summed E-state index contributed by atoms with van der Waals surface area (Å²) in [4.78, 5) is 13.0. The highest BCUT2D eigenvalue weighted by molar-refractivity contribution is 14.1. The lowest BCUT2D eigenvalue weighted by molar-refractivity contribution is -0.385. The van der Waals surface area contributed by atoms with Crippen LogP contribution in [0.15, 0.2) is 18.2 Å². The Morgan fingerprint density at radius 3 is 2.86 bits per heavy atom. The molecular weight excluding hydrogens is 381 g/mol. The van der Waals surface area contributed by atoms with Crippen LogP contribution in [0.3, 0.4) is 0 Å². The van der Waals surface area contributed by atoms with Crippen LogP contribution < -0.4 is 10.2 Å². The molecule has 2 aliphatic heterocycles. The number of nitro groups is 1. The van der Waals surface area contributed by atoms with Crippen molar-refractivity contribution in [3.05, 3.63) is 31.9 Å². The average Bonchev–Trinajstić information content (AvgIpc) is 3.01. The molecule has 21 heavy (non-hydrogen) atoms. The molecule has 1 N–H and O–H groups in total. The van der Waals surface area contributed by atoms with Gasteiger partial charge in [-0.05, 0) is 72.9 Å². The van der Waals surface area contributed by atoms with Crippen LogP contribution in [0.25, 0.3) is 0 Å². The lowest BCUT2D eigenvalue weighted by Crippen LogP contribution is -2.43. The third-order valence-corrected chi connectivity index (χ3v) is 5.48. The summed E-state index contributed by atoms with van der Waals surface area (Å²) in [5.74, 6) is 0.703. The zero-order valence-corrected chi connectivity index (χ0v) is 14.1. The lowest BCUT2D eigenvalue weighted by atomic mass is 9.89. The van der Waals surface area contributed by atoms with Crippen molar-refractivity contribution in [3.63, 3.8) is 0 Å². The predicted molar refractivity (Wildman–Crippen MR) is 91.8 cm³/mol. The Labute approximate surface area is 138 Å². The normalized spacial score (nSPS) is 26.0. The summed E-state index contributed by atoms with van der Waals surface area (Å²) in [7, 11) is 0. The number of piperidine rings is 1. The fourth-order valence-corrected chi connectivity index (χ4v) is 4.22. The standard InChI is InChI=1S/C15H20IN3O2/c16-13-9-12(5-6-15(13)19(20)21)18-8-2-3-11(10-18)14-4-1-7-17-14/h5-6,9,11,14,17H,1-4,7-8,10H2. The van der Waals surface area contributed by atoms with E-state index in [-0.39, 0.29) is 10.6 Å². The molecular formula is C15H20IN3O2. The van der Waals surface area contributed by atoms with Crippen LogP contribution in [-0.4, -0.2) is 30.6 Å². The Morgan fingerprint density at radius 2 is 2.19 bits per heavy atom. The molecule has 3 rings (SSSR count). The van der Waals surface area contributed by atoms with Gasteiger partial charge in [0.15, 0.2) is 0 Å². The number of nitrogens with one attached hydrogen (secondary N) is 1. The SMILES string of the molecule is O=[N+]([O-])c1ccc(N2CCCC(C3CCCN3)C2)cc1I. The fourth-order valence-electron chi connectivity index (χ4n) is 3.53. The van der Waals surface area contributed by atoms with Gasteiger partial charge in [-0.3, -0.25) is 10.1 Å². The van der Waals surface area contributed by atoms with Crippen LogP contribution in [0, 0.1) is 19.6 Å². The Kier molecular flexibility index (Phi) is 4.63. The highest BCUT2D eigenvalue weighted by atomic mass is 127. The maximum atomic E-state index is 10.9. The summed E-state index contributed by atoms with van der Waals surface area (Å²) >= 11 is 2.06. The largest absolute Gasteiger partial charge is 0.371 e. The second-order valence-electron chi connectivity index (χ2n) is 5.94. The monoisotopic (exact) mass is 401 g/mol. The minimum Gasteiger partial charge on any atom is -0.371 e. The Balaban J connectivity index is 1.73. The van der Waals surface area contributed by atoms with E-state index in [4.69, 9.17) is 0 Å². The van der Waals surface area contributed by atoms with Crippen molar-refractivity contribution in [1.82, 2.24) is 5.32 Å². The number of hydrogen-bond acceptors (Lipinski definition) is 4. The molecule has 114 valence electrons. The number of nitro benzene ring substituents is 1. The van der Waals surface area contributed by atoms with Crippen LogP contribution >= 0.6 is 22.6 Å². The molecule has 0 aliphatic carbocycles. The zero-order valence-electron chi connectivity index (χ0n) is 11.9. The van der Waals surface area contributed by atoms with Crippen LogP contribution in [0.2, 0.25) is 0 Å². The van der Waals surface area contributed by atoms with Gasteiger partial charge in [0.05, 0.1) is 8.49 Å². The van der Waals surface area contributed by atoms with E-state index in [0.717, 1.165) is 28.9 Å². The fraction of sp³-hybridized carbons (Fsp3) is 0.600. The van der Waals surface area contributed by atoms with E-state index in [1.807, 2.05) is 12.1 Å². The highest BCUT2D eigenvalue weighted by Crippen LogP contribution is 2.31. The van der Waals surface area contributed by atoms with Crippen molar-refractivity contribution in [2.45, 2.75) is 31.7 Å². The molecule has 2 aliphatic rings. The summed E-state index contributed by atoms with van der Waals surface area (Å²) in [6, 6.07) is 6.13. The van der Waals surface area contributed by atoms with Gasteiger partial charge < -0.3 is 10.2 Å². The van der Waals surface area contributed by atoms with Crippen molar-refractivity contribution in [2.24, 2.45) is 5.92 Å². The van der Waals surface area contributed by atoms with Gasteiger partial charge in [0.1, 0.15) is 0 Å². The van der Waals surface area contributed by atoms with Crippen molar-refractivity contribution < 1.29 is 4.92 Å². The Hall–Kier alpha value is -0.890. The van der Waals surface area contributed by atoms with E-state index in [9.17, 15) is 10.1 Å². The van der Waals surface area contributed by atoms with Gasteiger partial charge in [-0.25, -0.2) is 0 Å². The summed E-state index contributed by atoms with van der Waals surface area (Å²) in [6.07, 6.45) is 5.07. The molecule has 0 radical (unpaired) electrons. The molecule has 1 aromatic carbocycles. The van der Waals surface area contributed by atoms with E-state index < -0.39 is 0 Å². The van der Waals surface area contributed by atoms with Crippen LogP contribution in [-0.2, 0) is 0 Å². The first-order valence-corrected chi connectivity index (χ1v) is 8.65. The molecule has 1 aromatic rings. The molecule has 0 saturated carbocycles. The van der Waals surface area contributed by atoms with Gasteiger partial charge in [-0.1, -0.05) is 0 Å². The van der Waals surface area contributed by atoms with Crippen molar-refractivity contribution >= 4 is 34.0 Å². The van der Waals surface area contributed by atoms with Crippen LogP contribution in [0.4, 0.5) is 11.4 Å². The van der Waals surface area contributed by atoms with Crippen molar-refractivity contribution in [3.8, 4) is 0 Å². The zero-order chi connectivity index (χ0) is 14.8. The molecule has 0 bridgehead atoms. The predicted octanol–water partition coefficient (Wildman–Crippen LogP) is 3.17. The summed E-state index contributed by atoms with van der Waals surface area (Å²) in [5.41, 5.74) is 1.32. The molecule has 0 aromatic heterocycles. The smallest absolute Gasteiger partial charge is 0.282 e. The molecule has 2 unspecified atom stereocenters. The number of nitrogens with zero attached hydrogens (tertiary/aromatic N) is 2. The van der Waals surface area contributed by atoms with Crippen molar-refractivity contribution in [2.75, 3.05) is 24.5 Å². The second-order valence-corrected chi connectivity index (χ2v) is 7.11. The average molecular weight is 401 g/mol. The van der Waals surface area contributed by atoms with Gasteiger partial charge in [-0.2, -0.15) is 0 Å². The van der Waals surface area contributed by atoms with Gasteiger partial charge in [0, 0.05) is 30.9 Å². The second kappa shape index (κ2) is 6.48. The first-order chi connectivity index (χ1) is 10.1. The van der Waals surface area contributed by atoms with Gasteiger partial charge in [0.25, 0.3) is 5.69 Å². The third-order valence-electron chi connectivity index (χ3n) is 4.62. The molecule has 2 saturated heterocycles. The van der Waals surface area contributed by atoms with E-state index in [1.165, 1.54) is 25.7 Å². The van der Waals surface area contributed by atoms with E-state index in [0.29, 0.717) is 12.0 Å². The first-order valence-electron chi connectivity index (χ1n) is 7.57. The van der Waals surface area contributed by atoms with Gasteiger partial charge in [0.2, 0.25) is 0 Å². The van der Waals surface area contributed by atoms with Crippen LogP contribution in [0.1, 0.15) is 25.7 Å². The number of hydrogen-bond donors (Lipinski definition) is 1. The number of benzene rings is 1. The van der Waals surface area contributed by atoms with Crippen molar-refractivity contribution in [1.29, 1.82) is 0 Å². The molecule has 0 spiro atoms. The maximum Gasteiger partial charge on any atom is 0.282 e. The summed E-state index contributed by atoms with van der Waals surface area (Å²) < 4.78 is 0.719. The number of anilines is 1.